The summed E-state index contributed by atoms with van der Waals surface area (Å²) < 4.78 is 31.6. The van der Waals surface area contributed by atoms with Crippen LogP contribution in [0.4, 0.5) is 4.79 Å². The lowest BCUT2D eigenvalue weighted by atomic mass is 10.1. The van der Waals surface area contributed by atoms with Gasteiger partial charge in [0.25, 0.3) is 0 Å². The zero-order chi connectivity index (χ0) is 24.6. The predicted octanol–water partition coefficient (Wildman–Crippen LogP) is 3.46. The number of ketones is 1. The number of carbonyl (C=O) groups is 3. The van der Waals surface area contributed by atoms with Gasteiger partial charge in [0.2, 0.25) is 21.7 Å². The molecule has 1 heterocycles. The third kappa shape index (κ3) is 7.26. The van der Waals surface area contributed by atoms with Gasteiger partial charge in [0.05, 0.1) is 16.5 Å². The first-order valence-corrected chi connectivity index (χ1v) is 12.9. The van der Waals surface area contributed by atoms with Crippen LogP contribution in [-0.2, 0) is 26.2 Å². The van der Waals surface area contributed by atoms with Gasteiger partial charge in [0.15, 0.2) is 0 Å². The number of carbonyl (C=O) groups excluding carboxylic acids is 3. The largest absolute Gasteiger partial charge is 0.445 e. The maximum Gasteiger partial charge on any atom is 0.407 e. The van der Waals surface area contributed by atoms with Gasteiger partial charge < -0.3 is 10.1 Å². The zero-order valence-corrected chi connectivity index (χ0v) is 20.0. The predicted molar refractivity (Wildman–Crippen MR) is 129 cm³/mol. The Morgan fingerprint density at radius 2 is 1.59 bits per heavy atom. The summed E-state index contributed by atoms with van der Waals surface area (Å²) in [6, 6.07) is 21.1. The molecule has 34 heavy (non-hydrogen) atoms. The van der Waals surface area contributed by atoms with Crippen molar-refractivity contribution in [3.05, 3.63) is 93.7 Å². The van der Waals surface area contributed by atoms with Crippen LogP contribution in [0, 0.1) is 0 Å². The summed E-state index contributed by atoms with van der Waals surface area (Å²) >= 11 is 1.14. The van der Waals surface area contributed by atoms with E-state index in [1.54, 1.807) is 55.5 Å². The van der Waals surface area contributed by atoms with E-state index in [1.165, 1.54) is 0 Å². The molecule has 2 aromatic carbocycles. The lowest BCUT2D eigenvalue weighted by Gasteiger charge is -2.12. The molecule has 0 radical (unpaired) electrons. The normalized spacial score (nSPS) is 11.9. The maximum atomic E-state index is 12.6. The van der Waals surface area contributed by atoms with Crippen LogP contribution in [0.5, 0.6) is 0 Å². The molecule has 0 aliphatic rings. The molecule has 2 N–H and O–H groups in total. The minimum absolute atomic E-state index is 0.0588. The average molecular weight is 501 g/mol. The molecule has 3 rings (SSSR count). The standard InChI is InChI=1S/C24H24N2O6S2/c1-17(20-12-13-21(33-20)22(27)19-10-6-3-7-11-19)23(28)26-34(30,31)15-14-25-24(29)32-16-18-8-4-2-5-9-18/h2-13,17H,14-16H2,1H3,(H,25,29)(H,26,28). The van der Waals surface area contributed by atoms with Gasteiger partial charge >= 0.3 is 6.09 Å². The van der Waals surface area contributed by atoms with Crippen LogP contribution in [-0.4, -0.2) is 38.5 Å². The van der Waals surface area contributed by atoms with E-state index in [4.69, 9.17) is 4.74 Å². The topological polar surface area (TPSA) is 119 Å². The second kappa shape index (κ2) is 11.6. The van der Waals surface area contributed by atoms with E-state index in [-0.39, 0.29) is 18.9 Å². The van der Waals surface area contributed by atoms with Crippen molar-refractivity contribution in [3.63, 3.8) is 0 Å². The van der Waals surface area contributed by atoms with Crippen molar-refractivity contribution in [1.29, 1.82) is 0 Å². The Bertz CT molecular complexity index is 1240. The van der Waals surface area contributed by atoms with E-state index in [1.807, 2.05) is 29.0 Å². The van der Waals surface area contributed by atoms with E-state index in [2.05, 4.69) is 5.32 Å². The van der Waals surface area contributed by atoms with E-state index < -0.39 is 33.7 Å². The molecule has 1 unspecified atom stereocenters. The molecule has 2 amide bonds. The average Bonchev–Trinajstić information content (AvgIpc) is 3.33. The molecule has 10 heteroatoms. The summed E-state index contributed by atoms with van der Waals surface area (Å²) in [5, 5.41) is 2.35. The third-order valence-corrected chi connectivity index (χ3v) is 7.34. The summed E-state index contributed by atoms with van der Waals surface area (Å²) in [5.74, 6) is -2.15. The number of benzene rings is 2. The van der Waals surface area contributed by atoms with Gasteiger partial charge in [-0.2, -0.15) is 0 Å². The fourth-order valence-electron chi connectivity index (χ4n) is 2.92. The van der Waals surface area contributed by atoms with Crippen molar-refractivity contribution in [2.75, 3.05) is 12.3 Å². The van der Waals surface area contributed by atoms with Crippen LogP contribution in [0.3, 0.4) is 0 Å². The smallest absolute Gasteiger partial charge is 0.407 e. The highest BCUT2D eigenvalue weighted by atomic mass is 32.2. The molecular weight excluding hydrogens is 476 g/mol. The van der Waals surface area contributed by atoms with Crippen LogP contribution in [0.15, 0.2) is 72.8 Å². The third-order valence-electron chi connectivity index (χ3n) is 4.82. The molecule has 1 aromatic heterocycles. The summed E-state index contributed by atoms with van der Waals surface area (Å²) in [7, 11) is -3.98. The Labute approximate surface area is 202 Å². The molecule has 8 nitrogen and oxygen atoms in total. The Morgan fingerprint density at radius 1 is 0.941 bits per heavy atom. The van der Waals surface area contributed by atoms with Gasteiger partial charge in [-0.3, -0.25) is 14.3 Å². The van der Waals surface area contributed by atoms with Crippen LogP contribution in [0.2, 0.25) is 0 Å². The van der Waals surface area contributed by atoms with E-state index in [0.29, 0.717) is 15.3 Å². The highest BCUT2D eigenvalue weighted by molar-refractivity contribution is 7.90. The molecular formula is C24H24N2O6S2. The summed E-state index contributed by atoms with van der Waals surface area (Å²) in [6.45, 7) is 1.40. The summed E-state index contributed by atoms with van der Waals surface area (Å²) in [6.07, 6.45) is -0.757. The van der Waals surface area contributed by atoms with Gasteiger partial charge in [-0.1, -0.05) is 60.7 Å². The van der Waals surface area contributed by atoms with Crippen LogP contribution in [0.1, 0.15) is 38.5 Å². The molecule has 178 valence electrons. The Hall–Kier alpha value is -3.50. The van der Waals surface area contributed by atoms with Gasteiger partial charge in [-0.05, 0) is 24.6 Å². The first kappa shape index (κ1) is 25.1. The minimum atomic E-state index is -3.98. The van der Waals surface area contributed by atoms with E-state index >= 15 is 0 Å². The van der Waals surface area contributed by atoms with Crippen molar-refractivity contribution >= 4 is 39.1 Å². The monoisotopic (exact) mass is 500 g/mol. The number of hydrogen-bond donors (Lipinski definition) is 2. The quantitative estimate of drug-likeness (QED) is 0.412. The fraction of sp³-hybridized carbons (Fsp3) is 0.208. The molecule has 0 spiro atoms. The second-order valence-electron chi connectivity index (χ2n) is 7.39. The van der Waals surface area contributed by atoms with E-state index in [0.717, 1.165) is 16.9 Å². The lowest BCUT2D eigenvalue weighted by molar-refractivity contribution is -0.120. The number of thiophene rings is 1. The Kier molecular flexibility index (Phi) is 8.55. The molecule has 0 saturated carbocycles. The van der Waals surface area contributed by atoms with Crippen molar-refractivity contribution in [1.82, 2.24) is 10.0 Å². The molecule has 0 aliphatic carbocycles. The highest BCUT2D eigenvalue weighted by Crippen LogP contribution is 2.27. The van der Waals surface area contributed by atoms with E-state index in [9.17, 15) is 22.8 Å². The Balaban J connectivity index is 1.47. The van der Waals surface area contributed by atoms with Crippen molar-refractivity contribution in [3.8, 4) is 0 Å². The molecule has 0 fully saturated rings. The van der Waals surface area contributed by atoms with Crippen molar-refractivity contribution < 1.29 is 27.5 Å². The number of sulfonamides is 1. The number of ether oxygens (including phenoxy) is 1. The summed E-state index contributed by atoms with van der Waals surface area (Å²) in [4.78, 5) is 37.8. The minimum Gasteiger partial charge on any atom is -0.445 e. The number of rotatable bonds is 10. The number of alkyl carbamates (subject to hydrolysis) is 1. The van der Waals surface area contributed by atoms with Crippen molar-refractivity contribution in [2.24, 2.45) is 0 Å². The highest BCUT2D eigenvalue weighted by Gasteiger charge is 2.23. The van der Waals surface area contributed by atoms with Gasteiger partial charge in [-0.25, -0.2) is 13.2 Å². The second-order valence-corrected chi connectivity index (χ2v) is 10.3. The molecule has 1 atom stereocenters. The number of nitrogens with one attached hydrogen (secondary N) is 2. The van der Waals surface area contributed by atoms with Crippen molar-refractivity contribution in [2.45, 2.75) is 19.4 Å². The lowest BCUT2D eigenvalue weighted by Crippen LogP contribution is -2.39. The maximum absolute atomic E-state index is 12.6. The summed E-state index contributed by atoms with van der Waals surface area (Å²) in [5.41, 5.74) is 1.33. The molecule has 0 saturated heterocycles. The molecule has 0 bridgehead atoms. The first-order chi connectivity index (χ1) is 16.2. The Morgan fingerprint density at radius 3 is 2.26 bits per heavy atom. The van der Waals surface area contributed by atoms with Crippen LogP contribution >= 0.6 is 11.3 Å². The van der Waals surface area contributed by atoms with Gasteiger partial charge in [0.1, 0.15) is 6.61 Å². The SMILES string of the molecule is CC(C(=O)NS(=O)(=O)CCNC(=O)OCc1ccccc1)c1ccc(C(=O)c2ccccc2)s1. The zero-order valence-electron chi connectivity index (χ0n) is 18.4. The molecule has 0 aliphatic heterocycles. The molecule has 3 aromatic rings. The number of amides is 2. The van der Waals surface area contributed by atoms with Crippen LogP contribution < -0.4 is 10.0 Å². The fourth-order valence-corrected chi connectivity index (χ4v) is 4.90. The first-order valence-electron chi connectivity index (χ1n) is 10.4. The van der Waals surface area contributed by atoms with Crippen LogP contribution in [0.25, 0.3) is 0 Å². The number of hydrogen-bond acceptors (Lipinski definition) is 7. The van der Waals surface area contributed by atoms with Gasteiger partial charge in [0, 0.05) is 17.0 Å². The van der Waals surface area contributed by atoms with Gasteiger partial charge in [-0.15, -0.1) is 11.3 Å².